The molecule has 1 amide bonds. The summed E-state index contributed by atoms with van der Waals surface area (Å²) in [6, 6.07) is 3.13. The van der Waals surface area contributed by atoms with Crippen LogP contribution < -0.4 is 5.32 Å². The highest BCUT2D eigenvalue weighted by atomic mass is 16.4. The van der Waals surface area contributed by atoms with E-state index in [-0.39, 0.29) is 11.6 Å². The Balaban J connectivity index is 1.69. The second kappa shape index (κ2) is 7.76. The molecule has 1 aromatic heterocycles. The summed E-state index contributed by atoms with van der Waals surface area (Å²) >= 11 is 0. The first-order valence-corrected chi connectivity index (χ1v) is 7.60. The molecule has 0 spiro atoms. The molecule has 2 N–H and O–H groups in total. The highest BCUT2D eigenvalue weighted by molar-refractivity contribution is 5.85. The van der Waals surface area contributed by atoms with Gasteiger partial charge in [-0.15, -0.1) is 0 Å². The summed E-state index contributed by atoms with van der Waals surface area (Å²) in [5.74, 6) is -0.276. The molecule has 1 fully saturated rings. The molecule has 1 aromatic rings. The largest absolute Gasteiger partial charge is 0.477 e. The minimum absolute atomic E-state index is 0.0161. The standard InChI is InChI=1S/C16H22N2O3/c19-15(9-7-12-4-2-1-3-5-12)18-11-13-6-8-14(16(20)21)17-10-13/h6,8,10,12H,1-5,7,9,11H2,(H,18,19)(H,20,21). The van der Waals surface area contributed by atoms with Crippen molar-refractivity contribution in [3.05, 3.63) is 29.6 Å². The molecule has 2 rings (SSSR count). The van der Waals surface area contributed by atoms with Crippen LogP contribution in [0.25, 0.3) is 0 Å². The van der Waals surface area contributed by atoms with Gasteiger partial charge < -0.3 is 10.4 Å². The van der Waals surface area contributed by atoms with Gasteiger partial charge >= 0.3 is 5.97 Å². The van der Waals surface area contributed by atoms with E-state index in [9.17, 15) is 9.59 Å². The van der Waals surface area contributed by atoms with Crippen molar-refractivity contribution in [3.8, 4) is 0 Å². The average molecular weight is 290 g/mol. The number of carboxylic acid groups (broad SMARTS) is 1. The lowest BCUT2D eigenvalue weighted by Crippen LogP contribution is -2.23. The minimum Gasteiger partial charge on any atom is -0.477 e. The van der Waals surface area contributed by atoms with Crippen molar-refractivity contribution in [2.24, 2.45) is 5.92 Å². The third-order valence-corrected chi connectivity index (χ3v) is 4.04. The molecular formula is C16H22N2O3. The molecule has 0 saturated heterocycles. The van der Waals surface area contributed by atoms with Gasteiger partial charge in [0.15, 0.2) is 0 Å². The highest BCUT2D eigenvalue weighted by Crippen LogP contribution is 2.27. The molecule has 0 radical (unpaired) electrons. The van der Waals surface area contributed by atoms with Crippen molar-refractivity contribution < 1.29 is 14.7 Å². The number of nitrogens with zero attached hydrogens (tertiary/aromatic N) is 1. The molecule has 0 aromatic carbocycles. The topological polar surface area (TPSA) is 79.3 Å². The predicted molar refractivity (Wildman–Crippen MR) is 78.9 cm³/mol. The van der Waals surface area contributed by atoms with Crippen molar-refractivity contribution in [1.29, 1.82) is 0 Å². The van der Waals surface area contributed by atoms with Crippen LogP contribution in [-0.4, -0.2) is 22.0 Å². The maximum atomic E-state index is 11.8. The van der Waals surface area contributed by atoms with Crippen molar-refractivity contribution in [3.63, 3.8) is 0 Å². The van der Waals surface area contributed by atoms with Crippen LogP contribution in [0.4, 0.5) is 0 Å². The highest BCUT2D eigenvalue weighted by Gasteiger charge is 2.14. The van der Waals surface area contributed by atoms with Gasteiger partial charge in [-0.25, -0.2) is 9.78 Å². The van der Waals surface area contributed by atoms with E-state index in [2.05, 4.69) is 10.3 Å². The number of nitrogens with one attached hydrogen (secondary N) is 1. The number of hydrogen-bond donors (Lipinski definition) is 2. The van der Waals surface area contributed by atoms with E-state index in [1.165, 1.54) is 44.4 Å². The number of rotatable bonds is 6. The third-order valence-electron chi connectivity index (χ3n) is 4.04. The van der Waals surface area contributed by atoms with E-state index in [0.717, 1.165) is 12.0 Å². The molecule has 1 aliphatic carbocycles. The third kappa shape index (κ3) is 5.17. The molecule has 1 heterocycles. The summed E-state index contributed by atoms with van der Waals surface area (Å²) in [4.78, 5) is 26.3. The molecule has 0 aliphatic heterocycles. The Morgan fingerprint density at radius 1 is 1.24 bits per heavy atom. The van der Waals surface area contributed by atoms with Crippen molar-refractivity contribution >= 4 is 11.9 Å². The second-order valence-electron chi connectivity index (χ2n) is 5.68. The fraction of sp³-hybridized carbons (Fsp3) is 0.562. The Hall–Kier alpha value is -1.91. The van der Waals surface area contributed by atoms with Crippen molar-refractivity contribution in [2.45, 2.75) is 51.5 Å². The summed E-state index contributed by atoms with van der Waals surface area (Å²) < 4.78 is 0. The lowest BCUT2D eigenvalue weighted by Gasteiger charge is -2.20. The van der Waals surface area contributed by atoms with Gasteiger partial charge in [-0.2, -0.15) is 0 Å². The molecule has 0 atom stereocenters. The summed E-state index contributed by atoms with van der Waals surface area (Å²) in [6.45, 7) is 0.399. The first-order chi connectivity index (χ1) is 10.1. The number of carbonyl (C=O) groups is 2. The maximum Gasteiger partial charge on any atom is 0.354 e. The first-order valence-electron chi connectivity index (χ1n) is 7.60. The van der Waals surface area contributed by atoms with Crippen LogP contribution in [0.5, 0.6) is 0 Å². The van der Waals surface area contributed by atoms with Crippen LogP contribution in [0.15, 0.2) is 18.3 Å². The Bertz CT molecular complexity index is 479. The summed E-state index contributed by atoms with van der Waals surface area (Å²) in [6.07, 6.45) is 9.49. The monoisotopic (exact) mass is 290 g/mol. The number of aromatic carboxylic acids is 1. The lowest BCUT2D eigenvalue weighted by molar-refractivity contribution is -0.121. The summed E-state index contributed by atoms with van der Waals surface area (Å²) in [5.41, 5.74) is 0.827. The molecule has 21 heavy (non-hydrogen) atoms. The normalized spacial score (nSPS) is 15.6. The zero-order valence-corrected chi connectivity index (χ0v) is 12.2. The number of hydrogen-bond acceptors (Lipinski definition) is 3. The molecule has 1 aliphatic rings. The van der Waals surface area contributed by atoms with Gasteiger partial charge in [0.2, 0.25) is 5.91 Å². The van der Waals surface area contributed by atoms with Gasteiger partial charge in [-0.05, 0) is 24.0 Å². The van der Waals surface area contributed by atoms with E-state index in [4.69, 9.17) is 5.11 Å². The van der Waals surface area contributed by atoms with E-state index in [1.807, 2.05) is 0 Å². The minimum atomic E-state index is -1.04. The van der Waals surface area contributed by atoms with Gasteiger partial charge in [0.05, 0.1) is 0 Å². The Labute approximate surface area is 124 Å². The molecule has 5 heteroatoms. The number of carboxylic acids is 1. The van der Waals surface area contributed by atoms with Crippen molar-refractivity contribution in [2.75, 3.05) is 0 Å². The molecule has 114 valence electrons. The van der Waals surface area contributed by atoms with Gasteiger partial charge in [0, 0.05) is 19.2 Å². The smallest absolute Gasteiger partial charge is 0.354 e. The Morgan fingerprint density at radius 3 is 2.62 bits per heavy atom. The van der Waals surface area contributed by atoms with Gasteiger partial charge in [-0.3, -0.25) is 4.79 Å². The van der Waals surface area contributed by atoms with Crippen LogP contribution in [0.3, 0.4) is 0 Å². The first kappa shape index (κ1) is 15.5. The fourth-order valence-corrected chi connectivity index (χ4v) is 2.76. The van der Waals surface area contributed by atoms with E-state index in [0.29, 0.717) is 18.9 Å². The Kier molecular flexibility index (Phi) is 5.72. The van der Waals surface area contributed by atoms with Crippen LogP contribution in [0, 0.1) is 5.92 Å². The maximum absolute atomic E-state index is 11.8. The molecule has 5 nitrogen and oxygen atoms in total. The number of pyridine rings is 1. The SMILES string of the molecule is O=C(CCC1CCCCC1)NCc1ccc(C(=O)O)nc1. The van der Waals surface area contributed by atoms with Crippen LogP contribution >= 0.6 is 0 Å². The fourth-order valence-electron chi connectivity index (χ4n) is 2.76. The Morgan fingerprint density at radius 2 is 2.00 bits per heavy atom. The molecular weight excluding hydrogens is 268 g/mol. The molecule has 0 unspecified atom stereocenters. The van der Waals surface area contributed by atoms with Gasteiger partial charge in [-0.1, -0.05) is 38.2 Å². The zero-order chi connectivity index (χ0) is 15.1. The van der Waals surface area contributed by atoms with E-state index >= 15 is 0 Å². The number of amides is 1. The molecule has 0 bridgehead atoms. The molecule has 1 saturated carbocycles. The van der Waals surface area contributed by atoms with Crippen molar-refractivity contribution in [1.82, 2.24) is 10.3 Å². The van der Waals surface area contributed by atoms with Gasteiger partial charge in [0.1, 0.15) is 5.69 Å². The quantitative estimate of drug-likeness (QED) is 0.844. The lowest BCUT2D eigenvalue weighted by atomic mass is 9.86. The van der Waals surface area contributed by atoms with Gasteiger partial charge in [0.25, 0.3) is 0 Å². The van der Waals surface area contributed by atoms with Crippen LogP contribution in [-0.2, 0) is 11.3 Å². The summed E-state index contributed by atoms with van der Waals surface area (Å²) in [5, 5.41) is 11.6. The average Bonchev–Trinajstić information content (AvgIpc) is 2.52. The number of aromatic nitrogens is 1. The van der Waals surface area contributed by atoms with E-state index in [1.54, 1.807) is 6.07 Å². The van der Waals surface area contributed by atoms with Crippen LogP contribution in [0.1, 0.15) is 61.0 Å². The van der Waals surface area contributed by atoms with Crippen LogP contribution in [0.2, 0.25) is 0 Å². The second-order valence-corrected chi connectivity index (χ2v) is 5.68. The van der Waals surface area contributed by atoms with E-state index < -0.39 is 5.97 Å². The number of carbonyl (C=O) groups excluding carboxylic acids is 1. The predicted octanol–water partition coefficient (Wildman–Crippen LogP) is 2.76. The zero-order valence-electron chi connectivity index (χ0n) is 12.2. The summed E-state index contributed by atoms with van der Waals surface area (Å²) in [7, 11) is 0.